The van der Waals surface area contributed by atoms with E-state index in [1.54, 1.807) is 0 Å². The molecular formula is C20H19Cl2N3. The van der Waals surface area contributed by atoms with Crippen LogP contribution in [0.5, 0.6) is 0 Å². The minimum atomic E-state index is 0.173. The van der Waals surface area contributed by atoms with Gasteiger partial charge in [0.15, 0.2) is 0 Å². The van der Waals surface area contributed by atoms with Gasteiger partial charge in [-0.3, -0.25) is 4.99 Å². The maximum atomic E-state index is 6.25. The molecule has 4 rings (SSSR count). The summed E-state index contributed by atoms with van der Waals surface area (Å²) in [7, 11) is 0. The highest BCUT2D eigenvalue weighted by Crippen LogP contribution is 2.40. The third kappa shape index (κ3) is 3.45. The first-order valence-corrected chi connectivity index (χ1v) is 9.20. The molecule has 2 aliphatic heterocycles. The van der Waals surface area contributed by atoms with Crippen LogP contribution in [0.4, 0.5) is 0 Å². The summed E-state index contributed by atoms with van der Waals surface area (Å²) in [6.07, 6.45) is 5.06. The summed E-state index contributed by atoms with van der Waals surface area (Å²) < 4.78 is 0. The Morgan fingerprint density at radius 1 is 1.08 bits per heavy atom. The summed E-state index contributed by atoms with van der Waals surface area (Å²) in [5, 5.41) is 3.42. The molecule has 0 spiro atoms. The van der Waals surface area contributed by atoms with Crippen molar-refractivity contribution in [2.75, 3.05) is 6.54 Å². The highest BCUT2D eigenvalue weighted by atomic mass is 35.5. The van der Waals surface area contributed by atoms with Crippen molar-refractivity contribution < 1.29 is 0 Å². The maximum absolute atomic E-state index is 6.25. The fourth-order valence-electron chi connectivity index (χ4n) is 3.56. The van der Waals surface area contributed by atoms with Crippen LogP contribution in [0.3, 0.4) is 0 Å². The van der Waals surface area contributed by atoms with Crippen LogP contribution in [0.25, 0.3) is 0 Å². The second kappa shape index (κ2) is 7.20. The molecule has 0 radical (unpaired) electrons. The molecule has 2 unspecified atom stereocenters. The van der Waals surface area contributed by atoms with Gasteiger partial charge < -0.3 is 5.01 Å². The first-order valence-electron chi connectivity index (χ1n) is 8.45. The molecule has 2 heterocycles. The van der Waals surface area contributed by atoms with Gasteiger partial charge in [-0.15, -0.1) is 0 Å². The van der Waals surface area contributed by atoms with Crippen molar-refractivity contribution in [1.82, 2.24) is 10.4 Å². The third-order valence-electron chi connectivity index (χ3n) is 4.80. The van der Waals surface area contributed by atoms with Crippen molar-refractivity contribution in [1.29, 1.82) is 0 Å². The van der Waals surface area contributed by atoms with Gasteiger partial charge in [0.25, 0.3) is 0 Å². The van der Waals surface area contributed by atoms with E-state index in [1.807, 2.05) is 24.4 Å². The van der Waals surface area contributed by atoms with Gasteiger partial charge in [0.05, 0.1) is 22.6 Å². The summed E-state index contributed by atoms with van der Waals surface area (Å²) in [5.41, 5.74) is 7.38. The summed E-state index contributed by atoms with van der Waals surface area (Å²) >= 11 is 12.3. The first kappa shape index (κ1) is 16.6. The number of nitrogens with one attached hydrogen (secondary N) is 1. The van der Waals surface area contributed by atoms with Crippen LogP contribution in [0.15, 0.2) is 65.3 Å². The van der Waals surface area contributed by atoms with Crippen LogP contribution in [-0.4, -0.2) is 17.8 Å². The predicted octanol–water partition coefficient (Wildman–Crippen LogP) is 5.03. The number of halogens is 2. The number of hydrogen-bond donors (Lipinski definition) is 1. The van der Waals surface area contributed by atoms with Gasteiger partial charge in [-0.05, 0) is 35.8 Å². The van der Waals surface area contributed by atoms with E-state index >= 15 is 0 Å². The highest BCUT2D eigenvalue weighted by Gasteiger charge is 2.37. The number of nitrogens with zero attached hydrogens (tertiary/aromatic N) is 2. The van der Waals surface area contributed by atoms with Crippen molar-refractivity contribution in [2.24, 2.45) is 10.9 Å². The number of hydrogen-bond acceptors (Lipinski definition) is 3. The molecule has 0 amide bonds. The molecule has 1 fully saturated rings. The SMILES string of the molecule is Clc1ccc(C2NN(Cc3ccccc3)C3=CC=NCCC32)cc1Cl. The van der Waals surface area contributed by atoms with Crippen LogP contribution in [0, 0.1) is 5.92 Å². The average Bonchev–Trinajstić information content (AvgIpc) is 2.81. The summed E-state index contributed by atoms with van der Waals surface area (Å²) in [4.78, 5) is 4.45. The molecule has 0 saturated carbocycles. The molecule has 0 bridgehead atoms. The Labute approximate surface area is 157 Å². The fraction of sp³-hybridized carbons (Fsp3) is 0.250. The molecular weight excluding hydrogens is 353 g/mol. The van der Waals surface area contributed by atoms with Crippen molar-refractivity contribution in [3.8, 4) is 0 Å². The number of aliphatic imine (C=N–C) groups is 1. The topological polar surface area (TPSA) is 27.6 Å². The normalized spacial score (nSPS) is 22.5. The minimum Gasteiger partial charge on any atom is -0.307 e. The predicted molar refractivity (Wildman–Crippen MR) is 104 cm³/mol. The lowest BCUT2D eigenvalue weighted by Gasteiger charge is -2.21. The summed E-state index contributed by atoms with van der Waals surface area (Å²) in [6, 6.07) is 16.6. The van der Waals surface area contributed by atoms with Gasteiger partial charge in [-0.1, -0.05) is 59.6 Å². The molecule has 128 valence electrons. The van der Waals surface area contributed by atoms with Gasteiger partial charge in [-0.2, -0.15) is 0 Å². The molecule has 0 aliphatic carbocycles. The van der Waals surface area contributed by atoms with Crippen molar-refractivity contribution in [3.63, 3.8) is 0 Å². The van der Waals surface area contributed by atoms with E-state index in [1.165, 1.54) is 11.3 Å². The summed E-state index contributed by atoms with van der Waals surface area (Å²) in [6.45, 7) is 1.65. The van der Waals surface area contributed by atoms with Gasteiger partial charge in [0.2, 0.25) is 0 Å². The Morgan fingerprint density at radius 3 is 2.72 bits per heavy atom. The summed E-state index contributed by atoms with van der Waals surface area (Å²) in [5.74, 6) is 0.364. The zero-order chi connectivity index (χ0) is 17.2. The third-order valence-corrected chi connectivity index (χ3v) is 5.53. The van der Waals surface area contributed by atoms with Gasteiger partial charge in [-0.25, -0.2) is 5.43 Å². The quantitative estimate of drug-likeness (QED) is 0.818. The molecule has 5 heteroatoms. The van der Waals surface area contributed by atoms with E-state index in [9.17, 15) is 0 Å². The minimum absolute atomic E-state index is 0.173. The average molecular weight is 372 g/mol. The molecule has 3 nitrogen and oxygen atoms in total. The number of allylic oxidation sites excluding steroid dienone is 1. The van der Waals surface area contributed by atoms with E-state index in [0.29, 0.717) is 16.0 Å². The zero-order valence-electron chi connectivity index (χ0n) is 13.7. The molecule has 2 aliphatic rings. The molecule has 2 atom stereocenters. The highest BCUT2D eigenvalue weighted by molar-refractivity contribution is 6.42. The largest absolute Gasteiger partial charge is 0.307 e. The molecule has 2 aromatic carbocycles. The molecule has 1 saturated heterocycles. The number of fused-ring (bicyclic) bond motifs is 1. The van der Waals surface area contributed by atoms with Gasteiger partial charge >= 0.3 is 0 Å². The van der Waals surface area contributed by atoms with Crippen molar-refractivity contribution in [2.45, 2.75) is 19.0 Å². The molecule has 2 aromatic rings. The van der Waals surface area contributed by atoms with Crippen LogP contribution in [0.1, 0.15) is 23.6 Å². The smallest absolute Gasteiger partial charge is 0.0596 e. The molecule has 1 N–H and O–H groups in total. The Bertz CT molecular complexity index is 817. The van der Waals surface area contributed by atoms with Crippen molar-refractivity contribution in [3.05, 3.63) is 81.5 Å². The maximum Gasteiger partial charge on any atom is 0.0596 e. The standard InChI is InChI=1S/C20H19Cl2N3/c21-17-7-6-15(12-18(17)22)20-16-8-10-23-11-9-19(16)25(24-20)13-14-4-2-1-3-5-14/h1-7,9,11-12,16,20,24H,8,10,13H2. The van der Waals surface area contributed by atoms with Crippen LogP contribution in [-0.2, 0) is 6.54 Å². The second-order valence-electron chi connectivity index (χ2n) is 6.39. The van der Waals surface area contributed by atoms with E-state index < -0.39 is 0 Å². The van der Waals surface area contributed by atoms with Gasteiger partial charge in [0, 0.05) is 24.4 Å². The lowest BCUT2D eigenvalue weighted by atomic mass is 9.90. The van der Waals surface area contributed by atoms with E-state index in [0.717, 1.165) is 25.1 Å². The lowest BCUT2D eigenvalue weighted by Crippen LogP contribution is -2.31. The zero-order valence-corrected chi connectivity index (χ0v) is 15.2. The Balaban J connectivity index is 1.66. The van der Waals surface area contributed by atoms with Crippen LogP contribution in [0.2, 0.25) is 10.0 Å². The van der Waals surface area contributed by atoms with Crippen LogP contribution < -0.4 is 5.43 Å². The second-order valence-corrected chi connectivity index (χ2v) is 7.21. The van der Waals surface area contributed by atoms with Gasteiger partial charge in [0.1, 0.15) is 0 Å². The lowest BCUT2D eigenvalue weighted by molar-refractivity contribution is 0.263. The Morgan fingerprint density at radius 2 is 1.92 bits per heavy atom. The number of hydrazine groups is 1. The Hall–Kier alpha value is -1.81. The van der Waals surface area contributed by atoms with Crippen molar-refractivity contribution >= 4 is 29.4 Å². The molecule has 25 heavy (non-hydrogen) atoms. The Kier molecular flexibility index (Phi) is 4.80. The van der Waals surface area contributed by atoms with E-state index in [-0.39, 0.29) is 6.04 Å². The van der Waals surface area contributed by atoms with E-state index in [4.69, 9.17) is 23.2 Å². The first-order chi connectivity index (χ1) is 12.2. The monoisotopic (exact) mass is 371 g/mol. The van der Waals surface area contributed by atoms with E-state index in [2.05, 4.69) is 51.8 Å². The fourth-order valence-corrected chi connectivity index (χ4v) is 3.87. The van der Waals surface area contributed by atoms with Crippen LogP contribution >= 0.6 is 23.2 Å². The number of rotatable bonds is 3. The molecule has 0 aromatic heterocycles. The number of benzene rings is 2.